The lowest BCUT2D eigenvalue weighted by molar-refractivity contribution is -0.0375. The van der Waals surface area contributed by atoms with Crippen LogP contribution in [0, 0.1) is 6.92 Å². The van der Waals surface area contributed by atoms with Gasteiger partial charge in [0.2, 0.25) is 0 Å². The highest BCUT2D eigenvalue weighted by molar-refractivity contribution is 5.37. The summed E-state index contributed by atoms with van der Waals surface area (Å²) in [5.41, 5.74) is 8.53. The van der Waals surface area contributed by atoms with Crippen molar-refractivity contribution < 1.29 is 9.47 Å². The summed E-state index contributed by atoms with van der Waals surface area (Å²) in [4.78, 5) is 0. The molecule has 1 aromatic rings. The molecule has 1 aromatic carbocycles. The highest BCUT2D eigenvalue weighted by Crippen LogP contribution is 2.28. The molecular formula is C16H27NO2. The van der Waals surface area contributed by atoms with E-state index in [1.54, 1.807) is 14.2 Å². The zero-order valence-corrected chi connectivity index (χ0v) is 12.8. The zero-order chi connectivity index (χ0) is 14.5. The van der Waals surface area contributed by atoms with E-state index in [0.717, 1.165) is 30.6 Å². The van der Waals surface area contributed by atoms with Crippen molar-refractivity contribution in [3.05, 3.63) is 29.3 Å². The lowest BCUT2D eigenvalue weighted by Gasteiger charge is -2.36. The first-order valence-electron chi connectivity index (χ1n) is 6.97. The molecule has 1 rings (SSSR count). The fourth-order valence-corrected chi connectivity index (χ4v) is 2.70. The van der Waals surface area contributed by atoms with Gasteiger partial charge in [-0.15, -0.1) is 0 Å². The summed E-state index contributed by atoms with van der Waals surface area (Å²) in [7, 11) is 3.45. The maximum atomic E-state index is 6.41. The van der Waals surface area contributed by atoms with Gasteiger partial charge in [-0.3, -0.25) is 0 Å². The molecule has 1 unspecified atom stereocenters. The maximum Gasteiger partial charge on any atom is 0.122 e. The third-order valence-electron chi connectivity index (χ3n) is 4.15. The molecule has 0 aliphatic heterocycles. The molecule has 0 spiro atoms. The van der Waals surface area contributed by atoms with Gasteiger partial charge in [0.15, 0.2) is 0 Å². The van der Waals surface area contributed by atoms with Crippen LogP contribution in [0.1, 0.15) is 37.8 Å². The van der Waals surface area contributed by atoms with Crippen LogP contribution in [0.5, 0.6) is 5.75 Å². The van der Waals surface area contributed by atoms with Crippen LogP contribution < -0.4 is 10.5 Å². The summed E-state index contributed by atoms with van der Waals surface area (Å²) in [6, 6.07) is 6.16. The van der Waals surface area contributed by atoms with Crippen LogP contribution >= 0.6 is 0 Å². The Morgan fingerprint density at radius 1 is 1.21 bits per heavy atom. The maximum absolute atomic E-state index is 6.41. The van der Waals surface area contributed by atoms with Gasteiger partial charge in [0.05, 0.1) is 12.7 Å². The Morgan fingerprint density at radius 3 is 2.32 bits per heavy atom. The first kappa shape index (κ1) is 16.0. The Kier molecular flexibility index (Phi) is 5.83. The number of hydrogen-bond donors (Lipinski definition) is 1. The molecule has 108 valence electrons. The van der Waals surface area contributed by atoms with Crippen LogP contribution in [0.15, 0.2) is 18.2 Å². The van der Waals surface area contributed by atoms with E-state index in [2.05, 4.69) is 32.9 Å². The number of nitrogens with two attached hydrogens (primary N) is 1. The van der Waals surface area contributed by atoms with Crippen molar-refractivity contribution in [3.8, 4) is 5.75 Å². The van der Waals surface area contributed by atoms with Crippen LogP contribution in [0.2, 0.25) is 0 Å². The van der Waals surface area contributed by atoms with Crippen LogP contribution in [0.3, 0.4) is 0 Å². The van der Waals surface area contributed by atoms with Crippen molar-refractivity contribution in [2.24, 2.45) is 5.73 Å². The smallest absolute Gasteiger partial charge is 0.122 e. The molecule has 19 heavy (non-hydrogen) atoms. The Balaban J connectivity index is 2.98. The molecule has 0 aromatic heterocycles. The molecule has 0 fully saturated rings. The number of ether oxygens (including phenoxy) is 2. The van der Waals surface area contributed by atoms with E-state index in [4.69, 9.17) is 15.2 Å². The zero-order valence-electron chi connectivity index (χ0n) is 12.8. The van der Waals surface area contributed by atoms with Crippen LogP contribution in [-0.2, 0) is 11.2 Å². The lowest BCUT2D eigenvalue weighted by Crippen LogP contribution is -2.50. The van der Waals surface area contributed by atoms with Gasteiger partial charge < -0.3 is 15.2 Å². The summed E-state index contributed by atoms with van der Waals surface area (Å²) in [6.07, 6.45) is 2.59. The van der Waals surface area contributed by atoms with Crippen molar-refractivity contribution in [1.29, 1.82) is 0 Å². The van der Waals surface area contributed by atoms with Gasteiger partial charge in [0.25, 0.3) is 0 Å². The Morgan fingerprint density at radius 2 is 1.84 bits per heavy atom. The van der Waals surface area contributed by atoms with Crippen LogP contribution in [-0.4, -0.2) is 25.9 Å². The second-order valence-corrected chi connectivity index (χ2v) is 5.10. The highest BCUT2D eigenvalue weighted by atomic mass is 16.5. The summed E-state index contributed by atoms with van der Waals surface area (Å²) in [5, 5.41) is 0. The summed E-state index contributed by atoms with van der Waals surface area (Å²) >= 11 is 0. The Hall–Kier alpha value is -1.06. The molecule has 0 aliphatic rings. The second-order valence-electron chi connectivity index (χ2n) is 5.10. The Labute approximate surface area is 117 Å². The lowest BCUT2D eigenvalue weighted by atomic mass is 9.84. The van der Waals surface area contributed by atoms with Gasteiger partial charge in [-0.2, -0.15) is 0 Å². The highest BCUT2D eigenvalue weighted by Gasteiger charge is 2.33. The predicted molar refractivity (Wildman–Crippen MR) is 79.7 cm³/mol. The first-order valence-corrected chi connectivity index (χ1v) is 6.97. The molecule has 0 aliphatic carbocycles. The van der Waals surface area contributed by atoms with Crippen LogP contribution in [0.25, 0.3) is 0 Å². The summed E-state index contributed by atoms with van der Waals surface area (Å²) in [5.74, 6) is 0.901. The molecule has 1 atom stereocenters. The largest absolute Gasteiger partial charge is 0.496 e. The molecule has 0 amide bonds. The minimum atomic E-state index is -0.255. The Bertz CT molecular complexity index is 391. The molecular weight excluding hydrogens is 238 g/mol. The third-order valence-corrected chi connectivity index (χ3v) is 4.15. The van der Waals surface area contributed by atoms with E-state index in [1.165, 1.54) is 5.56 Å². The number of rotatable bonds is 7. The molecule has 3 nitrogen and oxygen atoms in total. The standard InChI is InChI=1S/C16H27NO2/c1-6-16(7-2,19-5)15(17)11-13-10-12(3)8-9-14(13)18-4/h8-10,15H,6-7,11,17H2,1-5H3. The normalized spacial score (nSPS) is 13.4. The van der Waals surface area contributed by atoms with Crippen molar-refractivity contribution in [3.63, 3.8) is 0 Å². The van der Waals surface area contributed by atoms with Gasteiger partial charge in [-0.05, 0) is 37.8 Å². The van der Waals surface area contributed by atoms with Crippen LogP contribution in [0.4, 0.5) is 0 Å². The third kappa shape index (κ3) is 3.48. The molecule has 0 saturated carbocycles. The van der Waals surface area contributed by atoms with Crippen molar-refractivity contribution >= 4 is 0 Å². The fourth-order valence-electron chi connectivity index (χ4n) is 2.70. The van der Waals surface area contributed by atoms with E-state index in [9.17, 15) is 0 Å². The molecule has 0 radical (unpaired) electrons. The van der Waals surface area contributed by atoms with Gasteiger partial charge >= 0.3 is 0 Å². The molecule has 3 heteroatoms. The van der Waals surface area contributed by atoms with Gasteiger partial charge in [0, 0.05) is 13.2 Å². The average Bonchev–Trinajstić information content (AvgIpc) is 2.41. The number of benzene rings is 1. The second kappa shape index (κ2) is 6.92. The van der Waals surface area contributed by atoms with E-state index in [0.29, 0.717) is 0 Å². The van der Waals surface area contributed by atoms with E-state index >= 15 is 0 Å². The van der Waals surface area contributed by atoms with Crippen molar-refractivity contribution in [1.82, 2.24) is 0 Å². The molecule has 0 heterocycles. The monoisotopic (exact) mass is 265 g/mol. The summed E-state index contributed by atoms with van der Waals surface area (Å²) in [6.45, 7) is 6.33. The predicted octanol–water partition coefficient (Wildman–Crippen LogP) is 3.08. The van der Waals surface area contributed by atoms with E-state index < -0.39 is 0 Å². The molecule has 0 saturated heterocycles. The fraction of sp³-hybridized carbons (Fsp3) is 0.625. The number of hydrogen-bond acceptors (Lipinski definition) is 3. The quantitative estimate of drug-likeness (QED) is 0.824. The number of methoxy groups -OCH3 is 2. The minimum absolute atomic E-state index is 0.0387. The van der Waals surface area contributed by atoms with E-state index in [-0.39, 0.29) is 11.6 Å². The van der Waals surface area contributed by atoms with Crippen molar-refractivity contribution in [2.75, 3.05) is 14.2 Å². The first-order chi connectivity index (χ1) is 9.02. The number of aryl methyl sites for hydroxylation is 1. The summed E-state index contributed by atoms with van der Waals surface area (Å²) < 4.78 is 11.1. The molecule has 2 N–H and O–H groups in total. The SMILES string of the molecule is CCC(CC)(OC)C(N)Cc1cc(C)ccc1OC. The topological polar surface area (TPSA) is 44.5 Å². The van der Waals surface area contributed by atoms with E-state index in [1.807, 2.05) is 6.07 Å². The average molecular weight is 265 g/mol. The minimum Gasteiger partial charge on any atom is -0.496 e. The van der Waals surface area contributed by atoms with Gasteiger partial charge in [-0.1, -0.05) is 31.5 Å². The molecule has 0 bridgehead atoms. The van der Waals surface area contributed by atoms with Gasteiger partial charge in [0.1, 0.15) is 5.75 Å². The van der Waals surface area contributed by atoms with Gasteiger partial charge in [-0.25, -0.2) is 0 Å². The van der Waals surface area contributed by atoms with Crippen molar-refractivity contribution in [2.45, 2.75) is 51.7 Å².